The van der Waals surface area contributed by atoms with E-state index in [0.29, 0.717) is 17.2 Å². The molecular formula is C22H18Li2N2O8S4. The Morgan fingerprint density at radius 1 is 0.474 bits per heavy atom. The molecule has 0 saturated heterocycles. The van der Waals surface area contributed by atoms with Crippen LogP contribution in [0, 0.1) is 0 Å². The van der Waals surface area contributed by atoms with Gasteiger partial charge in [-0.05, 0) is 53.6 Å². The summed E-state index contributed by atoms with van der Waals surface area (Å²) in [5.41, 5.74) is 1.18. The van der Waals surface area contributed by atoms with Gasteiger partial charge in [-0.25, -0.2) is 33.7 Å². The molecule has 0 spiro atoms. The molecule has 190 valence electrons. The van der Waals surface area contributed by atoms with Gasteiger partial charge >= 0.3 is 37.7 Å². The van der Waals surface area contributed by atoms with Gasteiger partial charge < -0.3 is 8.25 Å². The quantitative estimate of drug-likeness (QED) is 0.246. The Labute approximate surface area is 246 Å². The maximum absolute atomic E-state index is 12.7. The first-order chi connectivity index (χ1) is 16.7. The van der Waals surface area contributed by atoms with E-state index >= 15 is 0 Å². The molecule has 0 amide bonds. The van der Waals surface area contributed by atoms with Gasteiger partial charge in [0.2, 0.25) is 0 Å². The van der Waals surface area contributed by atoms with Gasteiger partial charge in [-0.2, -0.15) is 0 Å². The molecule has 10 nitrogen and oxygen atoms in total. The first-order valence-corrected chi connectivity index (χ1v) is 15.5. The average molecular weight is 581 g/mol. The van der Waals surface area contributed by atoms with Crippen LogP contribution in [0.15, 0.2) is 106 Å². The van der Waals surface area contributed by atoms with Crippen molar-refractivity contribution in [2.75, 3.05) is 0 Å². The maximum atomic E-state index is 12.7. The zero-order valence-corrected chi connectivity index (χ0v) is 23.6. The molecule has 0 aliphatic rings. The van der Waals surface area contributed by atoms with Gasteiger partial charge in [0.25, 0.3) is 0 Å². The fourth-order valence-corrected chi connectivity index (χ4v) is 8.31. The molecule has 3 rings (SSSR count). The Hall–Kier alpha value is -1.95. The molecular weight excluding hydrogens is 562 g/mol. The second kappa shape index (κ2) is 12.9. The number of rotatable bonds is 10. The van der Waals surface area contributed by atoms with Crippen molar-refractivity contribution in [3.8, 4) is 0 Å². The Balaban J connectivity index is 0.00000361. The van der Waals surface area contributed by atoms with Gasteiger partial charge in [-0.1, -0.05) is 55.6 Å². The summed E-state index contributed by atoms with van der Waals surface area (Å²) in [7, 11) is -19.2. The standard InChI is InChI=1S/C22H18N2O8S4.2Li/c1-3-17-8-12-19(13-9-17)33(25,26)23-35(29,30)21-6-5-7-22(16-21)36(31,32)24-34(27,28)20-14-10-18(4-2)11-15-20;;/h3-16H,1-2H2;;/q-2;2*+1. The maximum Gasteiger partial charge on any atom is 1.00 e. The summed E-state index contributed by atoms with van der Waals surface area (Å²) in [5, 5.41) is 0. The molecule has 0 bridgehead atoms. The van der Waals surface area contributed by atoms with Crippen LogP contribution in [0.4, 0.5) is 0 Å². The SMILES string of the molecule is C=Cc1ccc(S(=O)(=O)[N-]S(=O)(=O)c2cccc(S(=O)(=O)[N-]S(=O)(=O)c3ccc(C=C)cc3)c2)cc1.[Li+].[Li+]. The second-order valence-corrected chi connectivity index (χ2v) is 13.9. The molecule has 0 atom stereocenters. The normalized spacial score (nSPS) is 12.0. The van der Waals surface area contributed by atoms with Crippen molar-refractivity contribution in [3.05, 3.63) is 105 Å². The number of hydrogen-bond donors (Lipinski definition) is 0. The monoisotopic (exact) mass is 580 g/mol. The molecule has 0 saturated carbocycles. The Kier molecular flexibility index (Phi) is 11.6. The van der Waals surface area contributed by atoms with E-state index in [4.69, 9.17) is 0 Å². The molecule has 3 aromatic rings. The van der Waals surface area contributed by atoms with Crippen molar-refractivity contribution >= 4 is 52.2 Å². The molecule has 16 heteroatoms. The van der Waals surface area contributed by atoms with Gasteiger partial charge in [-0.15, -0.1) is 0 Å². The van der Waals surface area contributed by atoms with E-state index in [1.54, 1.807) is 0 Å². The van der Waals surface area contributed by atoms with Crippen LogP contribution in [-0.2, 0) is 40.1 Å². The van der Waals surface area contributed by atoms with Crippen molar-refractivity contribution in [1.82, 2.24) is 0 Å². The van der Waals surface area contributed by atoms with Crippen LogP contribution in [0.1, 0.15) is 11.1 Å². The van der Waals surface area contributed by atoms with E-state index in [-0.39, 0.29) is 37.7 Å². The largest absolute Gasteiger partial charge is 1.00 e. The average Bonchev–Trinajstić information content (AvgIpc) is 2.83. The third kappa shape index (κ3) is 8.03. The number of nitrogens with zero attached hydrogens (tertiary/aromatic N) is 2. The van der Waals surface area contributed by atoms with Crippen LogP contribution >= 0.6 is 0 Å². The summed E-state index contributed by atoms with van der Waals surface area (Å²) < 4.78 is 107. The molecule has 0 N–H and O–H groups in total. The molecule has 0 aromatic heterocycles. The summed E-state index contributed by atoms with van der Waals surface area (Å²) >= 11 is 0. The van der Waals surface area contributed by atoms with E-state index < -0.39 is 59.7 Å². The van der Waals surface area contributed by atoms with Crippen molar-refractivity contribution in [1.29, 1.82) is 0 Å². The minimum atomic E-state index is -4.92. The van der Waals surface area contributed by atoms with Gasteiger partial charge in [0.05, 0.1) is 9.79 Å². The zero-order valence-electron chi connectivity index (χ0n) is 20.3. The van der Waals surface area contributed by atoms with Gasteiger partial charge in [-0.3, -0.25) is 0 Å². The van der Waals surface area contributed by atoms with E-state index in [1.165, 1.54) is 36.4 Å². The minimum Gasteiger partial charge on any atom is -0.428 e. The molecule has 0 heterocycles. The first-order valence-electron chi connectivity index (χ1n) is 9.74. The fraction of sp³-hybridized carbons (Fsp3) is 0. The molecule has 0 aliphatic carbocycles. The predicted octanol–water partition coefficient (Wildman–Crippen LogP) is -2.12. The van der Waals surface area contributed by atoms with Crippen LogP contribution in [0.3, 0.4) is 0 Å². The van der Waals surface area contributed by atoms with Crippen molar-refractivity contribution < 1.29 is 71.4 Å². The molecule has 0 aliphatic heterocycles. The van der Waals surface area contributed by atoms with Gasteiger partial charge in [0.15, 0.2) is 0 Å². The third-order valence-corrected chi connectivity index (χ3v) is 11.2. The van der Waals surface area contributed by atoms with E-state index in [9.17, 15) is 33.7 Å². The third-order valence-electron chi connectivity index (χ3n) is 4.62. The van der Waals surface area contributed by atoms with E-state index in [0.717, 1.165) is 42.5 Å². The Morgan fingerprint density at radius 2 is 0.763 bits per heavy atom. The van der Waals surface area contributed by atoms with Crippen LogP contribution in [0.5, 0.6) is 0 Å². The molecule has 0 fully saturated rings. The Morgan fingerprint density at radius 3 is 1.05 bits per heavy atom. The topological polar surface area (TPSA) is 165 Å². The second-order valence-electron chi connectivity index (χ2n) is 7.07. The fourth-order valence-electron chi connectivity index (χ4n) is 2.78. The van der Waals surface area contributed by atoms with Crippen molar-refractivity contribution in [2.24, 2.45) is 0 Å². The molecule has 0 unspecified atom stereocenters. The Bertz CT molecular complexity index is 1630. The zero-order chi connectivity index (χ0) is 26.8. The number of sulfonamides is 4. The van der Waals surface area contributed by atoms with Crippen molar-refractivity contribution in [2.45, 2.75) is 19.6 Å². The van der Waals surface area contributed by atoms with Crippen LogP contribution < -0.4 is 37.7 Å². The van der Waals surface area contributed by atoms with E-state index in [1.807, 2.05) is 0 Å². The molecule has 0 radical (unpaired) electrons. The summed E-state index contributed by atoms with van der Waals surface area (Å²) in [4.78, 5) is -2.41. The van der Waals surface area contributed by atoms with Gasteiger partial charge in [0, 0.05) is 9.79 Å². The summed E-state index contributed by atoms with van der Waals surface area (Å²) in [6.45, 7) is 7.06. The van der Waals surface area contributed by atoms with Crippen LogP contribution in [-0.4, -0.2) is 33.7 Å². The van der Waals surface area contributed by atoms with Crippen molar-refractivity contribution in [3.63, 3.8) is 0 Å². The van der Waals surface area contributed by atoms with E-state index in [2.05, 4.69) is 21.4 Å². The summed E-state index contributed by atoms with van der Waals surface area (Å²) in [6, 6.07) is 13.5. The number of benzene rings is 3. The summed E-state index contributed by atoms with van der Waals surface area (Å²) in [5.74, 6) is 0. The smallest absolute Gasteiger partial charge is 0.428 e. The van der Waals surface area contributed by atoms with Crippen LogP contribution in [0.2, 0.25) is 0 Å². The molecule has 38 heavy (non-hydrogen) atoms. The number of hydrogen-bond acceptors (Lipinski definition) is 8. The minimum absolute atomic E-state index is 0. The molecule has 3 aromatic carbocycles. The summed E-state index contributed by atoms with van der Waals surface area (Å²) in [6.07, 6.45) is 2.91. The predicted molar refractivity (Wildman–Crippen MR) is 135 cm³/mol. The first kappa shape index (κ1) is 34.1. The van der Waals surface area contributed by atoms with Crippen LogP contribution in [0.25, 0.3) is 20.4 Å². The van der Waals surface area contributed by atoms with Gasteiger partial charge in [0.1, 0.15) is 40.1 Å².